The van der Waals surface area contributed by atoms with Gasteiger partial charge in [-0.15, -0.1) is 0 Å². The van der Waals surface area contributed by atoms with Crippen LogP contribution in [0.2, 0.25) is 10.0 Å². The summed E-state index contributed by atoms with van der Waals surface area (Å²) in [5, 5.41) is 9.77. The zero-order valence-corrected chi connectivity index (χ0v) is 10.0. The molecular weight excluding hydrogens is 255 g/mol. The molecule has 0 unspecified atom stereocenters. The fourth-order valence-corrected chi connectivity index (χ4v) is 1.92. The molecule has 0 atom stereocenters. The van der Waals surface area contributed by atoms with Crippen molar-refractivity contribution in [2.45, 2.75) is 19.6 Å². The number of phenols is 1. The molecule has 1 aliphatic rings. The van der Waals surface area contributed by atoms with Crippen LogP contribution < -0.4 is 4.74 Å². The summed E-state index contributed by atoms with van der Waals surface area (Å²) in [5.74, 6) is -2.13. The maximum atomic E-state index is 11.6. The van der Waals surface area contributed by atoms with Crippen LogP contribution in [0.15, 0.2) is 6.07 Å². The minimum atomic E-state index is -1.12. The van der Waals surface area contributed by atoms with Crippen molar-refractivity contribution in [3.05, 3.63) is 21.7 Å². The van der Waals surface area contributed by atoms with Gasteiger partial charge in [0.05, 0.1) is 10.0 Å². The van der Waals surface area contributed by atoms with Crippen molar-refractivity contribution >= 4 is 29.2 Å². The highest BCUT2D eigenvalue weighted by Crippen LogP contribution is 2.44. The van der Waals surface area contributed by atoms with Gasteiger partial charge in [-0.05, 0) is 6.07 Å². The predicted molar refractivity (Wildman–Crippen MR) is 58.2 cm³/mol. The molecule has 1 aromatic carbocycles. The average Bonchev–Trinajstić information content (AvgIpc) is 2.12. The number of benzene rings is 1. The van der Waals surface area contributed by atoms with Crippen LogP contribution in [0.25, 0.3) is 0 Å². The smallest absolute Gasteiger partial charge is 0.349 e. The molecule has 1 N–H and O–H groups in total. The van der Waals surface area contributed by atoms with E-state index in [1.54, 1.807) is 13.8 Å². The van der Waals surface area contributed by atoms with Gasteiger partial charge in [0.2, 0.25) is 5.79 Å². The number of fused-ring (bicyclic) bond motifs is 1. The third-order valence-electron chi connectivity index (χ3n) is 2.05. The Kier molecular flexibility index (Phi) is 2.44. The van der Waals surface area contributed by atoms with E-state index in [2.05, 4.69) is 0 Å². The van der Waals surface area contributed by atoms with E-state index in [0.29, 0.717) is 0 Å². The molecule has 86 valence electrons. The second-order valence-electron chi connectivity index (χ2n) is 3.78. The van der Waals surface area contributed by atoms with Crippen molar-refractivity contribution in [2.75, 3.05) is 0 Å². The Morgan fingerprint density at radius 3 is 2.50 bits per heavy atom. The topological polar surface area (TPSA) is 55.8 Å². The predicted octanol–water partition coefficient (Wildman–Crippen LogP) is 2.98. The highest BCUT2D eigenvalue weighted by molar-refractivity contribution is 6.37. The third-order valence-corrected chi connectivity index (χ3v) is 2.62. The summed E-state index contributed by atoms with van der Waals surface area (Å²) in [7, 11) is 0. The molecule has 0 radical (unpaired) electrons. The molecule has 0 amide bonds. The van der Waals surface area contributed by atoms with Crippen molar-refractivity contribution in [1.82, 2.24) is 0 Å². The number of carbonyl (C=O) groups is 1. The third kappa shape index (κ3) is 1.68. The van der Waals surface area contributed by atoms with Crippen molar-refractivity contribution < 1.29 is 19.4 Å². The van der Waals surface area contributed by atoms with E-state index in [9.17, 15) is 9.90 Å². The highest BCUT2D eigenvalue weighted by atomic mass is 35.5. The quantitative estimate of drug-likeness (QED) is 0.731. The normalized spacial score (nSPS) is 17.4. The first-order valence-electron chi connectivity index (χ1n) is 4.45. The number of rotatable bonds is 0. The summed E-state index contributed by atoms with van der Waals surface area (Å²) in [4.78, 5) is 11.6. The Hall–Kier alpha value is -1.13. The van der Waals surface area contributed by atoms with Gasteiger partial charge in [0.1, 0.15) is 5.56 Å². The van der Waals surface area contributed by atoms with E-state index in [4.69, 9.17) is 32.7 Å². The van der Waals surface area contributed by atoms with Crippen LogP contribution in [0.3, 0.4) is 0 Å². The summed E-state index contributed by atoms with van der Waals surface area (Å²) < 4.78 is 10.3. The second-order valence-corrected chi connectivity index (χ2v) is 4.60. The Labute approximate surface area is 102 Å². The van der Waals surface area contributed by atoms with Crippen LogP contribution in [-0.2, 0) is 4.74 Å². The zero-order valence-electron chi connectivity index (χ0n) is 8.51. The van der Waals surface area contributed by atoms with Gasteiger partial charge in [-0.2, -0.15) is 0 Å². The molecule has 0 saturated heterocycles. The molecule has 0 aliphatic carbocycles. The molecule has 0 bridgehead atoms. The molecule has 0 fully saturated rings. The number of aromatic hydroxyl groups is 1. The van der Waals surface area contributed by atoms with Gasteiger partial charge < -0.3 is 14.6 Å². The largest absolute Gasteiger partial charge is 0.505 e. The lowest BCUT2D eigenvalue weighted by Crippen LogP contribution is -2.39. The first-order chi connectivity index (χ1) is 7.32. The average molecular weight is 263 g/mol. The maximum absolute atomic E-state index is 11.6. The highest BCUT2D eigenvalue weighted by Gasteiger charge is 2.38. The molecular formula is C10H8Cl2O4. The lowest BCUT2D eigenvalue weighted by atomic mass is 10.1. The zero-order chi connectivity index (χ0) is 12.1. The Morgan fingerprint density at radius 1 is 1.25 bits per heavy atom. The van der Waals surface area contributed by atoms with Crippen molar-refractivity contribution in [1.29, 1.82) is 0 Å². The maximum Gasteiger partial charge on any atom is 0.349 e. The summed E-state index contributed by atoms with van der Waals surface area (Å²) in [6, 6.07) is 1.31. The number of carbonyl (C=O) groups excluding carboxylic acids is 1. The summed E-state index contributed by atoms with van der Waals surface area (Å²) in [6.07, 6.45) is 0. The Bertz CT molecular complexity index is 482. The minimum Gasteiger partial charge on any atom is -0.505 e. The Balaban J connectivity index is 2.69. The summed E-state index contributed by atoms with van der Waals surface area (Å²) >= 11 is 11.6. The fourth-order valence-electron chi connectivity index (χ4n) is 1.42. The number of phenolic OH excluding ortho intramolecular Hbond substituents is 1. The molecule has 1 aromatic rings. The second kappa shape index (κ2) is 3.43. The van der Waals surface area contributed by atoms with Crippen LogP contribution >= 0.6 is 23.2 Å². The SMILES string of the molecule is CC1(C)OC(=O)c2c(O)c(Cl)cc(Cl)c2O1. The molecule has 6 heteroatoms. The van der Waals surface area contributed by atoms with Crippen LogP contribution in [0.5, 0.6) is 11.5 Å². The molecule has 2 rings (SSSR count). The Morgan fingerprint density at radius 2 is 1.88 bits per heavy atom. The number of hydrogen-bond donors (Lipinski definition) is 1. The summed E-state index contributed by atoms with van der Waals surface area (Å²) in [5.41, 5.74) is -0.142. The van der Waals surface area contributed by atoms with E-state index >= 15 is 0 Å². The molecule has 16 heavy (non-hydrogen) atoms. The molecule has 4 nitrogen and oxygen atoms in total. The van der Waals surface area contributed by atoms with Gasteiger partial charge >= 0.3 is 5.97 Å². The van der Waals surface area contributed by atoms with Gasteiger partial charge in [0, 0.05) is 13.8 Å². The molecule has 1 aliphatic heterocycles. The van der Waals surface area contributed by atoms with Crippen LogP contribution in [0, 0.1) is 0 Å². The van der Waals surface area contributed by atoms with E-state index in [-0.39, 0.29) is 27.1 Å². The molecule has 0 saturated carbocycles. The number of hydrogen-bond acceptors (Lipinski definition) is 4. The van der Waals surface area contributed by atoms with Crippen molar-refractivity contribution in [3.8, 4) is 11.5 Å². The van der Waals surface area contributed by atoms with Crippen LogP contribution in [0.1, 0.15) is 24.2 Å². The standard InChI is InChI=1S/C10H8Cl2O4/c1-10(2)15-8-5(12)3-4(11)7(13)6(8)9(14)16-10/h3,13H,1-2H3. The van der Waals surface area contributed by atoms with Crippen molar-refractivity contribution in [2.24, 2.45) is 0 Å². The lowest BCUT2D eigenvalue weighted by molar-refractivity contribution is -0.127. The van der Waals surface area contributed by atoms with E-state index in [1.807, 2.05) is 0 Å². The number of ether oxygens (including phenoxy) is 2. The van der Waals surface area contributed by atoms with Crippen molar-refractivity contribution in [3.63, 3.8) is 0 Å². The van der Waals surface area contributed by atoms with Crippen LogP contribution in [0.4, 0.5) is 0 Å². The van der Waals surface area contributed by atoms with E-state index in [0.717, 1.165) is 0 Å². The first-order valence-corrected chi connectivity index (χ1v) is 5.21. The van der Waals surface area contributed by atoms with E-state index in [1.165, 1.54) is 6.07 Å². The monoisotopic (exact) mass is 262 g/mol. The van der Waals surface area contributed by atoms with Gasteiger partial charge in [0.25, 0.3) is 0 Å². The van der Waals surface area contributed by atoms with Crippen LogP contribution in [-0.4, -0.2) is 16.9 Å². The molecule has 0 spiro atoms. The lowest BCUT2D eigenvalue weighted by Gasteiger charge is -2.32. The molecule has 1 heterocycles. The van der Waals surface area contributed by atoms with Gasteiger partial charge in [-0.3, -0.25) is 0 Å². The first kappa shape index (κ1) is 11.4. The molecule has 0 aromatic heterocycles. The van der Waals surface area contributed by atoms with E-state index < -0.39 is 11.8 Å². The van der Waals surface area contributed by atoms with Gasteiger partial charge in [0.15, 0.2) is 11.5 Å². The number of halogens is 2. The van der Waals surface area contributed by atoms with Gasteiger partial charge in [-0.25, -0.2) is 4.79 Å². The van der Waals surface area contributed by atoms with Gasteiger partial charge in [-0.1, -0.05) is 23.2 Å². The summed E-state index contributed by atoms with van der Waals surface area (Å²) in [6.45, 7) is 3.13. The number of esters is 1. The number of cyclic esters (lactones) is 1. The fraction of sp³-hybridized carbons (Fsp3) is 0.300. The minimum absolute atomic E-state index is 0.0241.